The molecule has 1 atom stereocenters. The van der Waals surface area contributed by atoms with Crippen LogP contribution in [-0.2, 0) is 12.0 Å². The summed E-state index contributed by atoms with van der Waals surface area (Å²) in [6.07, 6.45) is 3.64. The van der Waals surface area contributed by atoms with Crippen LogP contribution in [0.5, 0.6) is 5.75 Å². The number of rotatable bonds is 1. The molecule has 1 aromatic carbocycles. The number of para-hydroxylation sites is 1. The minimum atomic E-state index is -0.708. The maximum absolute atomic E-state index is 11.0. The van der Waals surface area contributed by atoms with Crippen molar-refractivity contribution < 1.29 is 9.84 Å². The van der Waals surface area contributed by atoms with Gasteiger partial charge in [0.25, 0.3) is 0 Å². The van der Waals surface area contributed by atoms with Gasteiger partial charge in [-0.1, -0.05) is 18.2 Å². The second-order valence-electron chi connectivity index (χ2n) is 5.58. The maximum atomic E-state index is 11.0. The zero-order valence-electron chi connectivity index (χ0n) is 11.0. The predicted molar refractivity (Wildman–Crippen MR) is 70.9 cm³/mol. The van der Waals surface area contributed by atoms with E-state index >= 15 is 0 Å². The lowest BCUT2D eigenvalue weighted by molar-refractivity contribution is 0.0196. The number of benzene rings is 1. The second-order valence-corrected chi connectivity index (χ2v) is 5.58. The molecule has 0 amide bonds. The average molecular weight is 247 g/mol. The Kier molecular flexibility index (Phi) is 3.04. The summed E-state index contributed by atoms with van der Waals surface area (Å²) in [7, 11) is 2.12. The number of likely N-dealkylation sites (tertiary alicyclic amines) is 1. The van der Waals surface area contributed by atoms with Crippen molar-refractivity contribution in [3.63, 3.8) is 0 Å². The van der Waals surface area contributed by atoms with Crippen LogP contribution >= 0.6 is 0 Å². The third-order valence-electron chi connectivity index (χ3n) is 4.25. The summed E-state index contributed by atoms with van der Waals surface area (Å²) in [6, 6.07) is 6.20. The highest BCUT2D eigenvalue weighted by atomic mass is 16.5. The van der Waals surface area contributed by atoms with E-state index in [1.54, 1.807) is 0 Å². The minimum Gasteiger partial charge on any atom is -0.493 e. The van der Waals surface area contributed by atoms with Crippen molar-refractivity contribution in [1.82, 2.24) is 4.90 Å². The van der Waals surface area contributed by atoms with Gasteiger partial charge >= 0.3 is 0 Å². The first kappa shape index (κ1) is 12.0. The Hall–Kier alpha value is -1.06. The molecule has 1 saturated heterocycles. The van der Waals surface area contributed by atoms with E-state index in [-0.39, 0.29) is 0 Å². The van der Waals surface area contributed by atoms with Gasteiger partial charge in [0.05, 0.1) is 12.2 Å². The summed E-state index contributed by atoms with van der Waals surface area (Å²) in [4.78, 5) is 2.29. The molecule has 0 bridgehead atoms. The molecule has 1 aromatic rings. The van der Waals surface area contributed by atoms with Gasteiger partial charge in [0.2, 0.25) is 0 Å². The first-order valence-electron chi connectivity index (χ1n) is 6.85. The van der Waals surface area contributed by atoms with Crippen molar-refractivity contribution in [3.05, 3.63) is 29.3 Å². The van der Waals surface area contributed by atoms with E-state index in [0.29, 0.717) is 0 Å². The lowest BCUT2D eigenvalue weighted by atomic mass is 9.85. The van der Waals surface area contributed by atoms with E-state index in [1.807, 2.05) is 6.07 Å². The fraction of sp³-hybridized carbons (Fsp3) is 0.600. The number of aliphatic hydroxyl groups is 1. The standard InChI is InChI=1S/C15H21NO2/c1-16-9-3-7-15(17,8-10-16)13-5-2-4-12-6-11-18-14(12)13/h2,4-5,17H,3,6-11H2,1H3. The molecule has 2 aliphatic heterocycles. The lowest BCUT2D eigenvalue weighted by Crippen LogP contribution is -2.28. The quantitative estimate of drug-likeness (QED) is 0.823. The molecule has 98 valence electrons. The van der Waals surface area contributed by atoms with Crippen LogP contribution in [0.15, 0.2) is 18.2 Å². The van der Waals surface area contributed by atoms with Gasteiger partial charge in [-0.05, 0) is 38.4 Å². The first-order valence-corrected chi connectivity index (χ1v) is 6.85. The van der Waals surface area contributed by atoms with Crippen LogP contribution < -0.4 is 4.74 Å². The Balaban J connectivity index is 1.96. The summed E-state index contributed by atoms with van der Waals surface area (Å²) < 4.78 is 5.74. The first-order chi connectivity index (χ1) is 8.69. The highest BCUT2D eigenvalue weighted by Crippen LogP contribution is 2.41. The number of hydrogen-bond acceptors (Lipinski definition) is 3. The van der Waals surface area contributed by atoms with Gasteiger partial charge in [-0.15, -0.1) is 0 Å². The summed E-state index contributed by atoms with van der Waals surface area (Å²) in [5, 5.41) is 11.0. The van der Waals surface area contributed by atoms with Gasteiger partial charge in [-0.25, -0.2) is 0 Å². The average Bonchev–Trinajstić information content (AvgIpc) is 2.77. The molecule has 18 heavy (non-hydrogen) atoms. The molecule has 0 radical (unpaired) electrons. The van der Waals surface area contributed by atoms with Crippen molar-refractivity contribution in [2.45, 2.75) is 31.3 Å². The van der Waals surface area contributed by atoms with Gasteiger partial charge in [-0.2, -0.15) is 0 Å². The molecular weight excluding hydrogens is 226 g/mol. The van der Waals surface area contributed by atoms with E-state index in [9.17, 15) is 5.11 Å². The van der Waals surface area contributed by atoms with Gasteiger partial charge in [-0.3, -0.25) is 0 Å². The topological polar surface area (TPSA) is 32.7 Å². The van der Waals surface area contributed by atoms with Crippen LogP contribution in [0.3, 0.4) is 0 Å². The summed E-state index contributed by atoms with van der Waals surface area (Å²) >= 11 is 0. The largest absolute Gasteiger partial charge is 0.493 e. The van der Waals surface area contributed by atoms with Crippen LogP contribution in [0.1, 0.15) is 30.4 Å². The third kappa shape index (κ3) is 2.02. The van der Waals surface area contributed by atoms with Crippen molar-refractivity contribution in [1.29, 1.82) is 0 Å². The van der Waals surface area contributed by atoms with Crippen molar-refractivity contribution in [2.75, 3.05) is 26.7 Å². The summed E-state index contributed by atoms with van der Waals surface area (Å²) in [5.74, 6) is 0.949. The number of fused-ring (bicyclic) bond motifs is 1. The Morgan fingerprint density at radius 2 is 2.17 bits per heavy atom. The Morgan fingerprint density at radius 1 is 1.28 bits per heavy atom. The second kappa shape index (κ2) is 4.56. The molecular formula is C15H21NO2. The van der Waals surface area contributed by atoms with Gasteiger partial charge in [0, 0.05) is 18.5 Å². The maximum Gasteiger partial charge on any atom is 0.128 e. The van der Waals surface area contributed by atoms with Crippen LogP contribution in [0.2, 0.25) is 0 Å². The molecule has 0 spiro atoms. The summed E-state index contributed by atoms with van der Waals surface area (Å²) in [6.45, 7) is 2.76. The van der Waals surface area contributed by atoms with Crippen LogP contribution in [0.4, 0.5) is 0 Å². The zero-order chi connectivity index (χ0) is 12.6. The molecule has 0 saturated carbocycles. The van der Waals surface area contributed by atoms with Crippen molar-refractivity contribution >= 4 is 0 Å². The monoisotopic (exact) mass is 247 g/mol. The molecule has 2 heterocycles. The van der Waals surface area contributed by atoms with Crippen LogP contribution in [0, 0.1) is 0 Å². The molecule has 3 heteroatoms. The van der Waals surface area contributed by atoms with E-state index in [2.05, 4.69) is 24.1 Å². The minimum absolute atomic E-state index is 0.708. The molecule has 0 aromatic heterocycles. The van der Waals surface area contributed by atoms with Crippen molar-refractivity contribution in [2.24, 2.45) is 0 Å². The SMILES string of the molecule is CN1CCCC(O)(c2cccc3c2OCC3)CC1. The third-order valence-corrected chi connectivity index (χ3v) is 4.25. The number of nitrogens with zero attached hydrogens (tertiary/aromatic N) is 1. The van der Waals surface area contributed by atoms with Gasteiger partial charge < -0.3 is 14.7 Å². The highest BCUT2D eigenvalue weighted by molar-refractivity contribution is 5.47. The molecule has 1 unspecified atom stereocenters. The molecule has 3 rings (SSSR count). The van der Waals surface area contributed by atoms with Gasteiger partial charge in [0.1, 0.15) is 5.75 Å². The van der Waals surface area contributed by atoms with E-state index in [0.717, 1.165) is 56.7 Å². The Bertz CT molecular complexity index is 446. The Labute approximate surface area is 108 Å². The Morgan fingerprint density at radius 3 is 3.06 bits per heavy atom. The zero-order valence-corrected chi connectivity index (χ0v) is 11.0. The smallest absolute Gasteiger partial charge is 0.128 e. The van der Waals surface area contributed by atoms with E-state index < -0.39 is 5.60 Å². The van der Waals surface area contributed by atoms with Crippen LogP contribution in [-0.4, -0.2) is 36.8 Å². The molecule has 0 aliphatic carbocycles. The fourth-order valence-electron chi connectivity index (χ4n) is 3.11. The molecule has 2 aliphatic rings. The highest BCUT2D eigenvalue weighted by Gasteiger charge is 2.35. The normalized spacial score (nSPS) is 28.6. The predicted octanol–water partition coefficient (Wildman–Crippen LogP) is 1.92. The van der Waals surface area contributed by atoms with Gasteiger partial charge in [0.15, 0.2) is 0 Å². The summed E-state index contributed by atoms with van der Waals surface area (Å²) in [5.41, 5.74) is 1.55. The molecule has 3 nitrogen and oxygen atoms in total. The van der Waals surface area contributed by atoms with E-state index in [1.165, 1.54) is 5.56 Å². The number of ether oxygens (including phenoxy) is 1. The van der Waals surface area contributed by atoms with Crippen LogP contribution in [0.25, 0.3) is 0 Å². The number of hydrogen-bond donors (Lipinski definition) is 1. The van der Waals surface area contributed by atoms with Crippen molar-refractivity contribution in [3.8, 4) is 5.75 Å². The lowest BCUT2D eigenvalue weighted by Gasteiger charge is -2.28. The molecule has 1 N–H and O–H groups in total. The fourth-order valence-corrected chi connectivity index (χ4v) is 3.11. The molecule has 1 fully saturated rings. The van der Waals surface area contributed by atoms with E-state index in [4.69, 9.17) is 4.74 Å².